The third kappa shape index (κ3) is 3.47. The van der Waals surface area contributed by atoms with E-state index < -0.39 is 11.9 Å². The number of carbonyl (C=O) groups is 1. The largest absolute Gasteiger partial charge is 0.481 e. The monoisotopic (exact) mass is 287 g/mol. The molecule has 2 aromatic rings. The van der Waals surface area contributed by atoms with Crippen LogP contribution in [-0.2, 0) is 11.2 Å². The zero-order valence-corrected chi connectivity index (χ0v) is 11.8. The molecule has 1 atom stereocenters. The summed E-state index contributed by atoms with van der Waals surface area (Å²) in [6, 6.07) is 11.4. The predicted molar refractivity (Wildman–Crippen MR) is 81.9 cm³/mol. The number of rotatable bonds is 5. The quantitative estimate of drug-likeness (QED) is 0.886. The zero-order valence-electron chi connectivity index (χ0n) is 11.8. The van der Waals surface area contributed by atoms with Gasteiger partial charge in [0.15, 0.2) is 0 Å². The lowest BCUT2D eigenvalue weighted by Crippen LogP contribution is -2.07. The van der Waals surface area contributed by atoms with Gasteiger partial charge in [-0.3, -0.25) is 4.79 Å². The van der Waals surface area contributed by atoms with Crippen LogP contribution in [0, 0.1) is 0 Å². The molecule has 0 aliphatic heterocycles. The van der Waals surface area contributed by atoms with Gasteiger partial charge < -0.3 is 10.8 Å². The molecular weight excluding hydrogens is 269 g/mol. The van der Waals surface area contributed by atoms with E-state index in [1.807, 2.05) is 36.4 Å². The van der Waals surface area contributed by atoms with Gasteiger partial charge in [-0.25, -0.2) is 4.39 Å². The highest BCUT2D eigenvalue weighted by atomic mass is 19.1. The summed E-state index contributed by atoms with van der Waals surface area (Å²) in [6.45, 7) is 1.86. The standard InChI is InChI=1S/C17H18FNO2/c1-11(17(20)21)14-4-5-15-7-12(2-3-16(15)8-14)6-13(9-18)10-19/h2-5,7-9,11H,6,10,19H2,1H3,(H,20,21)/b13-9-. The normalized spacial score (nSPS) is 13.4. The molecule has 0 bridgehead atoms. The Labute approximate surface area is 122 Å². The highest BCUT2D eigenvalue weighted by Crippen LogP contribution is 2.23. The van der Waals surface area contributed by atoms with Crippen molar-refractivity contribution in [1.29, 1.82) is 0 Å². The van der Waals surface area contributed by atoms with E-state index in [0.717, 1.165) is 21.9 Å². The third-order valence-corrected chi connectivity index (χ3v) is 3.65. The van der Waals surface area contributed by atoms with E-state index in [1.54, 1.807) is 6.92 Å². The molecule has 0 spiro atoms. The van der Waals surface area contributed by atoms with E-state index in [4.69, 9.17) is 10.8 Å². The molecule has 0 heterocycles. The van der Waals surface area contributed by atoms with E-state index >= 15 is 0 Å². The van der Waals surface area contributed by atoms with E-state index in [9.17, 15) is 9.18 Å². The zero-order chi connectivity index (χ0) is 15.4. The Hall–Kier alpha value is -2.20. The first kappa shape index (κ1) is 15.2. The molecule has 0 aromatic heterocycles. The van der Waals surface area contributed by atoms with Crippen molar-refractivity contribution in [3.8, 4) is 0 Å². The van der Waals surface area contributed by atoms with E-state index in [2.05, 4.69) is 0 Å². The van der Waals surface area contributed by atoms with Crippen LogP contribution >= 0.6 is 0 Å². The van der Waals surface area contributed by atoms with E-state index in [0.29, 0.717) is 18.3 Å². The molecule has 110 valence electrons. The van der Waals surface area contributed by atoms with E-state index in [-0.39, 0.29) is 6.54 Å². The van der Waals surface area contributed by atoms with Crippen LogP contribution in [0.15, 0.2) is 48.3 Å². The van der Waals surface area contributed by atoms with Crippen LogP contribution in [0.4, 0.5) is 4.39 Å². The summed E-state index contributed by atoms with van der Waals surface area (Å²) < 4.78 is 12.6. The van der Waals surface area contributed by atoms with Crippen molar-refractivity contribution in [3.63, 3.8) is 0 Å². The summed E-state index contributed by atoms with van der Waals surface area (Å²) in [7, 11) is 0. The van der Waals surface area contributed by atoms with Crippen molar-refractivity contribution >= 4 is 16.7 Å². The molecule has 2 aromatic carbocycles. The molecule has 0 fully saturated rings. The number of aliphatic carboxylic acids is 1. The molecule has 0 radical (unpaired) electrons. The minimum Gasteiger partial charge on any atom is -0.481 e. The fraction of sp³-hybridized carbons (Fsp3) is 0.235. The van der Waals surface area contributed by atoms with Gasteiger partial charge in [0, 0.05) is 6.54 Å². The first-order valence-corrected chi connectivity index (χ1v) is 6.78. The molecule has 0 saturated heterocycles. The second-order valence-electron chi connectivity index (χ2n) is 5.15. The summed E-state index contributed by atoms with van der Waals surface area (Å²) in [6.07, 6.45) is 1.04. The summed E-state index contributed by atoms with van der Waals surface area (Å²) in [5, 5.41) is 11.0. The molecule has 21 heavy (non-hydrogen) atoms. The van der Waals surface area contributed by atoms with Gasteiger partial charge in [0.2, 0.25) is 0 Å². The lowest BCUT2D eigenvalue weighted by Gasteiger charge is -2.09. The number of fused-ring (bicyclic) bond motifs is 1. The molecule has 0 saturated carbocycles. The highest BCUT2D eigenvalue weighted by Gasteiger charge is 2.13. The number of halogens is 1. The second-order valence-corrected chi connectivity index (χ2v) is 5.15. The van der Waals surface area contributed by atoms with Crippen molar-refractivity contribution in [2.24, 2.45) is 5.73 Å². The lowest BCUT2D eigenvalue weighted by molar-refractivity contribution is -0.138. The number of carboxylic acid groups (broad SMARTS) is 1. The van der Waals surface area contributed by atoms with Gasteiger partial charge in [-0.1, -0.05) is 36.4 Å². The van der Waals surface area contributed by atoms with Crippen molar-refractivity contribution in [1.82, 2.24) is 0 Å². The molecule has 1 unspecified atom stereocenters. The molecule has 4 heteroatoms. The van der Waals surface area contributed by atoms with Crippen LogP contribution in [0.25, 0.3) is 10.8 Å². The van der Waals surface area contributed by atoms with Crippen molar-refractivity contribution < 1.29 is 14.3 Å². The fourth-order valence-corrected chi connectivity index (χ4v) is 2.25. The highest BCUT2D eigenvalue weighted by molar-refractivity contribution is 5.86. The maximum atomic E-state index is 12.6. The average molecular weight is 287 g/mol. The number of nitrogens with two attached hydrogens (primary N) is 1. The lowest BCUT2D eigenvalue weighted by atomic mass is 9.96. The van der Waals surface area contributed by atoms with Crippen LogP contribution in [0.1, 0.15) is 24.0 Å². The van der Waals surface area contributed by atoms with Crippen molar-refractivity contribution in [2.75, 3.05) is 6.54 Å². The number of carboxylic acids is 1. The minimum atomic E-state index is -0.841. The van der Waals surface area contributed by atoms with Gasteiger partial charge in [-0.15, -0.1) is 0 Å². The Balaban J connectivity index is 2.33. The smallest absolute Gasteiger partial charge is 0.310 e. The van der Waals surface area contributed by atoms with Crippen LogP contribution in [-0.4, -0.2) is 17.6 Å². The van der Waals surface area contributed by atoms with Crippen LogP contribution in [0.3, 0.4) is 0 Å². The maximum absolute atomic E-state index is 12.6. The molecular formula is C17H18FNO2. The molecule has 3 N–H and O–H groups in total. The Morgan fingerprint density at radius 3 is 2.57 bits per heavy atom. The Bertz CT molecular complexity index is 694. The fourth-order valence-electron chi connectivity index (χ4n) is 2.25. The number of hydrogen-bond donors (Lipinski definition) is 2. The Kier molecular flexibility index (Phi) is 4.70. The molecule has 3 nitrogen and oxygen atoms in total. The summed E-state index contributed by atoms with van der Waals surface area (Å²) in [5.41, 5.74) is 7.76. The van der Waals surface area contributed by atoms with Gasteiger partial charge in [0.25, 0.3) is 0 Å². The van der Waals surface area contributed by atoms with Gasteiger partial charge >= 0.3 is 5.97 Å². The second kappa shape index (κ2) is 6.50. The SMILES string of the molecule is CC(C(=O)O)c1ccc2cc(C/C(=C/F)CN)ccc2c1. The summed E-state index contributed by atoms with van der Waals surface area (Å²) in [4.78, 5) is 11.0. The average Bonchev–Trinajstić information content (AvgIpc) is 2.51. The van der Waals surface area contributed by atoms with Gasteiger partial charge in [0.1, 0.15) is 0 Å². The van der Waals surface area contributed by atoms with Gasteiger partial charge in [-0.2, -0.15) is 0 Å². The number of hydrogen-bond acceptors (Lipinski definition) is 2. The van der Waals surface area contributed by atoms with Gasteiger partial charge in [-0.05, 0) is 40.8 Å². The number of benzene rings is 2. The van der Waals surface area contributed by atoms with Gasteiger partial charge in [0.05, 0.1) is 12.2 Å². The molecule has 0 aliphatic carbocycles. The third-order valence-electron chi connectivity index (χ3n) is 3.65. The van der Waals surface area contributed by atoms with E-state index in [1.165, 1.54) is 0 Å². The molecule has 2 rings (SSSR count). The maximum Gasteiger partial charge on any atom is 0.310 e. The van der Waals surface area contributed by atoms with Crippen LogP contribution < -0.4 is 5.73 Å². The molecule has 0 aliphatic rings. The first-order chi connectivity index (χ1) is 10.0. The van der Waals surface area contributed by atoms with Crippen LogP contribution in [0.2, 0.25) is 0 Å². The van der Waals surface area contributed by atoms with Crippen LogP contribution in [0.5, 0.6) is 0 Å². The Morgan fingerprint density at radius 2 is 1.95 bits per heavy atom. The predicted octanol–water partition coefficient (Wildman–Crippen LogP) is 3.38. The van der Waals surface area contributed by atoms with Crippen molar-refractivity contribution in [3.05, 3.63) is 59.4 Å². The molecule has 0 amide bonds. The van der Waals surface area contributed by atoms with Crippen molar-refractivity contribution in [2.45, 2.75) is 19.3 Å². The Morgan fingerprint density at radius 1 is 1.29 bits per heavy atom. The topological polar surface area (TPSA) is 63.3 Å². The minimum absolute atomic E-state index is 0.198. The summed E-state index contributed by atoms with van der Waals surface area (Å²) >= 11 is 0. The first-order valence-electron chi connectivity index (χ1n) is 6.78. The summed E-state index contributed by atoms with van der Waals surface area (Å²) in [5.74, 6) is -1.38.